The summed E-state index contributed by atoms with van der Waals surface area (Å²) in [5.41, 5.74) is 0.950. The van der Waals surface area contributed by atoms with Gasteiger partial charge in [-0.2, -0.15) is 0 Å². The maximum atomic E-state index is 13.7. The quantitative estimate of drug-likeness (QED) is 0.0683. The van der Waals surface area contributed by atoms with Gasteiger partial charge in [0.25, 0.3) is 5.78 Å². The third-order valence-electron chi connectivity index (χ3n) is 6.99. The molecule has 0 spiro atoms. The highest BCUT2D eigenvalue weighted by Crippen LogP contribution is 2.45. The van der Waals surface area contributed by atoms with Crippen molar-refractivity contribution in [2.75, 3.05) is 31.8 Å². The lowest BCUT2D eigenvalue weighted by Crippen LogP contribution is -2.29. The van der Waals surface area contributed by atoms with Gasteiger partial charge in [-0.25, -0.2) is 9.78 Å². The van der Waals surface area contributed by atoms with Gasteiger partial charge in [0.05, 0.1) is 37.6 Å². The molecule has 1 aliphatic rings. The van der Waals surface area contributed by atoms with E-state index in [1.54, 1.807) is 49.4 Å². The minimum atomic E-state index is -1.11. The Labute approximate surface area is 266 Å². The first-order chi connectivity index (χ1) is 21.6. The van der Waals surface area contributed by atoms with Gasteiger partial charge in [-0.1, -0.05) is 63.0 Å². The number of hydrogen-bond acceptors (Lipinski definition) is 10. The molecule has 0 saturated carbocycles. The van der Waals surface area contributed by atoms with Crippen molar-refractivity contribution in [3.63, 3.8) is 0 Å². The minimum absolute atomic E-state index is 0.00242. The molecule has 0 bridgehead atoms. The Kier molecular flexibility index (Phi) is 11.0. The number of nitrogens with zero attached hydrogens (tertiary/aromatic N) is 2. The number of rotatable bonds is 14. The number of ketones is 1. The molecule has 1 atom stereocenters. The number of esters is 1. The van der Waals surface area contributed by atoms with Crippen molar-refractivity contribution in [2.45, 2.75) is 46.6 Å². The Balaban J connectivity index is 1.87. The fourth-order valence-corrected chi connectivity index (χ4v) is 5.69. The van der Waals surface area contributed by atoms with E-state index in [1.165, 1.54) is 18.1 Å². The summed E-state index contributed by atoms with van der Waals surface area (Å²) in [6.45, 7) is 12.3. The molecule has 4 rings (SSSR count). The molecule has 2 aromatic carbocycles. The highest BCUT2D eigenvalue weighted by atomic mass is 32.1. The van der Waals surface area contributed by atoms with Gasteiger partial charge in [-0.05, 0) is 55.5 Å². The van der Waals surface area contributed by atoms with Crippen LogP contribution in [0.25, 0.3) is 5.76 Å². The van der Waals surface area contributed by atoms with Crippen molar-refractivity contribution in [2.24, 2.45) is 5.92 Å². The fraction of sp³-hybridized carbons (Fsp3) is 0.353. The standard InChI is InChI=1S/C34H38N2O8S/c1-7-15-42-24-11-9-10-23(18-24)29(37)27-28(22-12-13-25(26(19-22)41-6)43-17-14-20(3)4)36(32(39)30(27)38)34-35-21(5)31(45-34)33(40)44-16-8-2/h8-13,18-20,28,37H,2,7,14-17H2,1,3-6H3. The maximum absolute atomic E-state index is 13.7. The number of carbonyl (C=O) groups is 3. The first kappa shape index (κ1) is 33.3. The van der Waals surface area contributed by atoms with Crippen LogP contribution >= 0.6 is 11.3 Å². The second-order valence-corrected chi connectivity index (χ2v) is 11.8. The Morgan fingerprint density at radius 1 is 1.13 bits per heavy atom. The molecule has 238 valence electrons. The lowest BCUT2D eigenvalue weighted by molar-refractivity contribution is -0.132. The second-order valence-electron chi connectivity index (χ2n) is 10.8. The molecule has 1 aliphatic heterocycles. The van der Waals surface area contributed by atoms with Crippen LogP contribution in [-0.4, -0.2) is 54.7 Å². The van der Waals surface area contributed by atoms with E-state index in [0.717, 1.165) is 24.2 Å². The maximum Gasteiger partial charge on any atom is 0.350 e. The van der Waals surface area contributed by atoms with Gasteiger partial charge in [0.15, 0.2) is 16.6 Å². The summed E-state index contributed by atoms with van der Waals surface area (Å²) in [6, 6.07) is 10.7. The van der Waals surface area contributed by atoms with Gasteiger partial charge in [0, 0.05) is 5.56 Å². The molecule has 11 heteroatoms. The van der Waals surface area contributed by atoms with Gasteiger partial charge in [-0.15, -0.1) is 0 Å². The SMILES string of the molecule is C=CCOC(=O)c1sc(N2C(=O)C(=O)C(=C(O)c3cccc(OCCC)c3)C2c2ccc(OCCC(C)C)c(OC)c2)nc1C. The predicted molar refractivity (Wildman–Crippen MR) is 172 cm³/mol. The molecule has 1 saturated heterocycles. The van der Waals surface area contributed by atoms with Crippen LogP contribution in [0.15, 0.2) is 60.7 Å². The zero-order chi connectivity index (χ0) is 32.7. The van der Waals surface area contributed by atoms with Crippen LogP contribution in [0, 0.1) is 12.8 Å². The van der Waals surface area contributed by atoms with Crippen molar-refractivity contribution in [1.29, 1.82) is 0 Å². The lowest BCUT2D eigenvalue weighted by atomic mass is 9.95. The number of amides is 1. The van der Waals surface area contributed by atoms with Crippen molar-refractivity contribution >= 4 is 39.9 Å². The third kappa shape index (κ3) is 7.37. The first-order valence-corrected chi connectivity index (χ1v) is 15.5. The van der Waals surface area contributed by atoms with Gasteiger partial charge < -0.3 is 24.1 Å². The van der Waals surface area contributed by atoms with E-state index in [4.69, 9.17) is 18.9 Å². The van der Waals surface area contributed by atoms with Crippen molar-refractivity contribution in [3.8, 4) is 17.2 Å². The topological polar surface area (TPSA) is 124 Å². The molecule has 1 aromatic heterocycles. The number of hydrogen-bond donors (Lipinski definition) is 1. The van der Waals surface area contributed by atoms with Crippen LogP contribution in [0.1, 0.15) is 66.1 Å². The monoisotopic (exact) mass is 634 g/mol. The van der Waals surface area contributed by atoms with Crippen molar-refractivity contribution < 1.29 is 38.4 Å². The molecule has 3 aromatic rings. The molecule has 1 amide bonds. The number of aliphatic hydroxyl groups excluding tert-OH is 1. The third-order valence-corrected chi connectivity index (χ3v) is 8.13. The Hall–Kier alpha value is -4.64. The fourth-order valence-electron chi connectivity index (χ4n) is 4.71. The summed E-state index contributed by atoms with van der Waals surface area (Å²) in [5.74, 6) is -0.974. The summed E-state index contributed by atoms with van der Waals surface area (Å²) in [5, 5.41) is 11.7. The average molecular weight is 635 g/mol. The van der Waals surface area contributed by atoms with Crippen LogP contribution in [0.4, 0.5) is 5.13 Å². The molecule has 0 radical (unpaired) electrons. The molecule has 1 unspecified atom stereocenters. The molecular formula is C34H38N2O8S. The van der Waals surface area contributed by atoms with E-state index in [-0.39, 0.29) is 27.9 Å². The van der Waals surface area contributed by atoms with E-state index < -0.39 is 23.7 Å². The second kappa shape index (κ2) is 14.9. The number of thiazole rings is 1. The zero-order valence-electron chi connectivity index (χ0n) is 26.1. The molecule has 1 fully saturated rings. The largest absolute Gasteiger partial charge is 0.507 e. The van der Waals surface area contributed by atoms with Crippen molar-refractivity contribution in [3.05, 3.63) is 82.4 Å². The summed E-state index contributed by atoms with van der Waals surface area (Å²) >= 11 is 0.920. The predicted octanol–water partition coefficient (Wildman–Crippen LogP) is 6.64. The van der Waals surface area contributed by atoms with Crippen LogP contribution in [0.2, 0.25) is 0 Å². The molecule has 2 heterocycles. The van der Waals surface area contributed by atoms with E-state index >= 15 is 0 Å². The number of anilines is 1. The first-order valence-electron chi connectivity index (χ1n) is 14.7. The molecule has 0 aliphatic carbocycles. The Morgan fingerprint density at radius 2 is 1.91 bits per heavy atom. The van der Waals surface area contributed by atoms with Crippen molar-refractivity contribution in [1.82, 2.24) is 4.98 Å². The number of aromatic nitrogens is 1. The highest BCUT2D eigenvalue weighted by Gasteiger charge is 2.48. The van der Waals surface area contributed by atoms with Gasteiger partial charge in [0.2, 0.25) is 0 Å². The highest BCUT2D eigenvalue weighted by molar-refractivity contribution is 7.17. The van der Waals surface area contributed by atoms with E-state index in [2.05, 4.69) is 25.4 Å². The molecular weight excluding hydrogens is 596 g/mol. The summed E-state index contributed by atoms with van der Waals surface area (Å²) in [6.07, 6.45) is 3.07. The summed E-state index contributed by atoms with van der Waals surface area (Å²) in [4.78, 5) is 46.0. The molecule has 10 nitrogen and oxygen atoms in total. The van der Waals surface area contributed by atoms with Crippen LogP contribution in [0.3, 0.4) is 0 Å². The van der Waals surface area contributed by atoms with Gasteiger partial charge >= 0.3 is 11.9 Å². The van der Waals surface area contributed by atoms with E-state index in [9.17, 15) is 19.5 Å². The smallest absolute Gasteiger partial charge is 0.350 e. The lowest BCUT2D eigenvalue weighted by Gasteiger charge is -2.24. The van der Waals surface area contributed by atoms with E-state index in [1.807, 2.05) is 6.92 Å². The summed E-state index contributed by atoms with van der Waals surface area (Å²) in [7, 11) is 1.50. The van der Waals surface area contributed by atoms with Crippen LogP contribution in [0.5, 0.6) is 17.2 Å². The number of methoxy groups -OCH3 is 1. The van der Waals surface area contributed by atoms with Gasteiger partial charge in [-0.3, -0.25) is 14.5 Å². The van der Waals surface area contributed by atoms with Crippen LogP contribution in [-0.2, 0) is 14.3 Å². The molecule has 1 N–H and O–H groups in total. The van der Waals surface area contributed by atoms with Crippen LogP contribution < -0.4 is 19.1 Å². The minimum Gasteiger partial charge on any atom is -0.507 e. The number of Topliss-reactive ketones (excluding diaryl/α,β-unsaturated/α-hetero) is 1. The Morgan fingerprint density at radius 3 is 2.60 bits per heavy atom. The number of aliphatic hydroxyl groups is 1. The molecule has 45 heavy (non-hydrogen) atoms. The number of ether oxygens (including phenoxy) is 4. The zero-order valence-corrected chi connectivity index (χ0v) is 26.9. The average Bonchev–Trinajstić information content (AvgIpc) is 3.54. The number of aryl methyl sites for hydroxylation is 1. The number of benzene rings is 2. The number of carbonyl (C=O) groups excluding carboxylic acids is 3. The summed E-state index contributed by atoms with van der Waals surface area (Å²) < 4.78 is 22.5. The normalized spacial score (nSPS) is 15.8. The van der Waals surface area contributed by atoms with Gasteiger partial charge in [0.1, 0.15) is 23.0 Å². The van der Waals surface area contributed by atoms with E-state index in [0.29, 0.717) is 53.2 Å². The Bertz CT molecular complexity index is 1610.